The molecule has 1 aliphatic heterocycles. The molecule has 0 amide bonds. The number of allylic oxidation sites excluding steroid dienone is 1. The fraction of sp³-hybridized carbons (Fsp3) is 0.250. The van der Waals surface area contributed by atoms with Gasteiger partial charge in [0, 0.05) is 11.6 Å². The average Bonchev–Trinajstić information content (AvgIpc) is 2.79. The van der Waals surface area contributed by atoms with Crippen molar-refractivity contribution >= 4 is 11.5 Å². The second kappa shape index (κ2) is 8.81. The van der Waals surface area contributed by atoms with Crippen LogP contribution in [0.5, 0.6) is 5.75 Å². The molecule has 0 fully saturated rings. The third-order valence-corrected chi connectivity index (χ3v) is 5.46. The monoisotopic (exact) mass is 410 g/mol. The molecule has 2 unspecified atom stereocenters. The molecule has 0 spiro atoms. The van der Waals surface area contributed by atoms with Crippen molar-refractivity contribution in [3.8, 4) is 5.75 Å². The number of benzene rings is 3. The van der Waals surface area contributed by atoms with Gasteiger partial charge in [-0.05, 0) is 49.6 Å². The predicted octanol–water partition coefficient (Wildman–Crippen LogP) is 6.40. The highest BCUT2D eigenvalue weighted by Gasteiger charge is 2.34. The number of hydrogen-bond acceptors (Lipinski definition) is 2. The van der Waals surface area contributed by atoms with Gasteiger partial charge in [-0.25, -0.2) is 0 Å². The van der Waals surface area contributed by atoms with Crippen LogP contribution in [0.3, 0.4) is 0 Å². The summed E-state index contributed by atoms with van der Waals surface area (Å²) >= 11 is 0. The van der Waals surface area contributed by atoms with Gasteiger partial charge >= 0.3 is 0 Å². The van der Waals surface area contributed by atoms with Gasteiger partial charge in [-0.3, -0.25) is 4.99 Å². The lowest BCUT2D eigenvalue weighted by Gasteiger charge is -2.35. The largest absolute Gasteiger partial charge is 0.497 e. The van der Waals surface area contributed by atoms with Crippen LogP contribution in [0.2, 0.25) is 0 Å². The first-order valence-electron chi connectivity index (χ1n) is 10.8. The van der Waals surface area contributed by atoms with Crippen molar-refractivity contribution in [3.63, 3.8) is 0 Å². The maximum Gasteiger partial charge on any atom is 0.118 e. The van der Waals surface area contributed by atoms with Crippen LogP contribution in [0.25, 0.3) is 5.70 Å². The van der Waals surface area contributed by atoms with Crippen molar-refractivity contribution in [2.45, 2.75) is 38.1 Å². The molecule has 1 aliphatic rings. The molecule has 1 N–H and O–H groups in total. The third kappa shape index (κ3) is 4.88. The van der Waals surface area contributed by atoms with Crippen molar-refractivity contribution in [3.05, 3.63) is 108 Å². The summed E-state index contributed by atoms with van der Waals surface area (Å²) in [5.74, 6) is 2.10. The van der Waals surface area contributed by atoms with Crippen LogP contribution >= 0.6 is 0 Å². The summed E-state index contributed by atoms with van der Waals surface area (Å²) in [5.41, 5.74) is 4.56. The molecular weight excluding hydrogens is 380 g/mol. The van der Waals surface area contributed by atoms with E-state index >= 15 is 0 Å². The van der Waals surface area contributed by atoms with Crippen molar-refractivity contribution in [2.75, 3.05) is 7.11 Å². The molecule has 0 bridgehead atoms. The van der Waals surface area contributed by atoms with Crippen LogP contribution in [0.4, 0.5) is 0 Å². The average molecular weight is 411 g/mol. The van der Waals surface area contributed by atoms with E-state index in [1.54, 1.807) is 7.11 Å². The fourth-order valence-electron chi connectivity index (χ4n) is 4.09. The number of nitrogens with zero attached hydrogens (tertiary/aromatic N) is 1. The minimum absolute atomic E-state index is 0.0833. The highest BCUT2D eigenvalue weighted by Crippen LogP contribution is 2.41. The number of aliphatic imine (C=N–C) groups is 1. The highest BCUT2D eigenvalue weighted by atomic mass is 16.5. The number of methoxy groups -OCH3 is 1. The molecule has 0 saturated heterocycles. The smallest absolute Gasteiger partial charge is 0.118 e. The van der Waals surface area contributed by atoms with Crippen LogP contribution < -0.4 is 10.1 Å². The van der Waals surface area contributed by atoms with E-state index in [-0.39, 0.29) is 17.4 Å². The second-order valence-electron chi connectivity index (χ2n) is 8.93. The lowest BCUT2D eigenvalue weighted by Crippen LogP contribution is -2.38. The molecule has 3 aromatic rings. The van der Waals surface area contributed by atoms with Crippen molar-refractivity contribution in [2.24, 2.45) is 4.99 Å². The van der Waals surface area contributed by atoms with Gasteiger partial charge in [0.2, 0.25) is 0 Å². The Morgan fingerprint density at radius 1 is 0.774 bits per heavy atom. The zero-order valence-electron chi connectivity index (χ0n) is 18.7. The van der Waals surface area contributed by atoms with Gasteiger partial charge in [0.15, 0.2) is 0 Å². The Kier molecular flexibility index (Phi) is 5.94. The third-order valence-electron chi connectivity index (χ3n) is 5.46. The minimum atomic E-state index is -0.201. The van der Waals surface area contributed by atoms with Gasteiger partial charge in [-0.2, -0.15) is 0 Å². The number of hydrogen-bond donors (Lipinski definition) is 1. The number of amidine groups is 1. The lowest BCUT2D eigenvalue weighted by atomic mass is 9.77. The Hall–Kier alpha value is -3.33. The number of nitrogens with one attached hydrogen (secondary N) is 1. The Bertz CT molecular complexity index is 1060. The molecule has 1 heterocycles. The Morgan fingerprint density at radius 2 is 1.39 bits per heavy atom. The maximum absolute atomic E-state index is 5.39. The highest BCUT2D eigenvalue weighted by molar-refractivity contribution is 5.99. The fourth-order valence-corrected chi connectivity index (χ4v) is 4.09. The van der Waals surface area contributed by atoms with Crippen molar-refractivity contribution in [1.82, 2.24) is 5.32 Å². The number of rotatable bonds is 4. The summed E-state index contributed by atoms with van der Waals surface area (Å²) in [6.45, 7) is 6.43. The van der Waals surface area contributed by atoms with Gasteiger partial charge in [0.1, 0.15) is 11.6 Å². The molecule has 0 aromatic heterocycles. The van der Waals surface area contributed by atoms with Gasteiger partial charge in [0.05, 0.1) is 18.6 Å². The summed E-state index contributed by atoms with van der Waals surface area (Å²) in [4.78, 5) is 5.15. The van der Waals surface area contributed by atoms with E-state index in [0.29, 0.717) is 0 Å². The first-order valence-corrected chi connectivity index (χ1v) is 10.8. The van der Waals surface area contributed by atoms with Gasteiger partial charge in [-0.15, -0.1) is 0 Å². The first kappa shape index (κ1) is 20.9. The molecule has 3 nitrogen and oxygen atoms in total. The zero-order valence-corrected chi connectivity index (χ0v) is 18.7. The van der Waals surface area contributed by atoms with E-state index in [2.05, 4.69) is 98.9 Å². The summed E-state index contributed by atoms with van der Waals surface area (Å²) in [5, 5.41) is 3.68. The van der Waals surface area contributed by atoms with E-state index < -0.39 is 0 Å². The molecule has 4 rings (SSSR count). The topological polar surface area (TPSA) is 33.6 Å². The molecule has 0 saturated carbocycles. The predicted molar refractivity (Wildman–Crippen MR) is 130 cm³/mol. The summed E-state index contributed by atoms with van der Waals surface area (Å²) < 4.78 is 5.39. The summed E-state index contributed by atoms with van der Waals surface area (Å²) in [6.07, 6.45) is 2.35. The molecule has 0 aliphatic carbocycles. The van der Waals surface area contributed by atoms with E-state index in [1.165, 1.54) is 16.7 Å². The van der Waals surface area contributed by atoms with Crippen molar-refractivity contribution in [1.29, 1.82) is 0 Å². The molecule has 3 heteroatoms. The second-order valence-corrected chi connectivity index (χ2v) is 8.93. The maximum atomic E-state index is 5.39. The van der Waals surface area contributed by atoms with Gasteiger partial charge in [0.25, 0.3) is 0 Å². The van der Waals surface area contributed by atoms with Crippen LogP contribution in [-0.2, 0) is 0 Å². The molecule has 2 atom stereocenters. The summed E-state index contributed by atoms with van der Waals surface area (Å²) in [6, 6.07) is 29.6. The Balaban J connectivity index is 1.90. The molecule has 31 heavy (non-hydrogen) atoms. The van der Waals surface area contributed by atoms with Gasteiger partial charge < -0.3 is 10.1 Å². The van der Waals surface area contributed by atoms with E-state index in [0.717, 1.165) is 17.3 Å². The Morgan fingerprint density at radius 3 is 1.97 bits per heavy atom. The van der Waals surface area contributed by atoms with E-state index in [1.807, 2.05) is 18.2 Å². The van der Waals surface area contributed by atoms with Crippen LogP contribution in [0.15, 0.2) is 96.0 Å². The van der Waals surface area contributed by atoms with Crippen LogP contribution in [0.1, 0.15) is 49.3 Å². The number of ether oxygens (including phenoxy) is 1. The quantitative estimate of drug-likeness (QED) is 0.540. The molecular formula is C28H30N2O. The molecule has 3 aromatic carbocycles. The van der Waals surface area contributed by atoms with E-state index in [9.17, 15) is 0 Å². The minimum Gasteiger partial charge on any atom is -0.497 e. The van der Waals surface area contributed by atoms with Crippen LogP contribution in [-0.4, -0.2) is 18.5 Å². The lowest BCUT2D eigenvalue weighted by molar-refractivity contribution is 0.414. The molecule has 158 valence electrons. The van der Waals surface area contributed by atoms with Crippen molar-refractivity contribution < 1.29 is 4.74 Å². The van der Waals surface area contributed by atoms with E-state index in [4.69, 9.17) is 9.73 Å². The SMILES string of the molecule is COc1ccc(C2C(=NC(C)(C)C)NC(c3ccccc3)=CC2c2ccccc2)cc1. The zero-order chi connectivity index (χ0) is 21.8. The first-order chi connectivity index (χ1) is 14.9. The molecule has 0 radical (unpaired) electrons. The van der Waals surface area contributed by atoms with Crippen LogP contribution in [0, 0.1) is 0 Å². The normalized spacial score (nSPS) is 20.1. The van der Waals surface area contributed by atoms with Gasteiger partial charge in [-0.1, -0.05) is 78.9 Å². The summed E-state index contributed by atoms with van der Waals surface area (Å²) in [7, 11) is 1.70. The standard InChI is InChI=1S/C28H30N2O/c1-28(2,3)30-27-26(22-15-17-23(31-4)18-16-22)24(20-11-7-5-8-12-20)19-25(29-27)21-13-9-6-10-14-21/h5-19,24,26H,1-4H3,(H,29,30). The Labute approximate surface area is 185 Å².